The Morgan fingerprint density at radius 2 is 1.29 bits per heavy atom. The highest BCUT2D eigenvalue weighted by Gasteiger charge is 2.61. The van der Waals surface area contributed by atoms with Crippen LogP contribution in [0.4, 0.5) is 13.2 Å². The minimum Gasteiger partial charge on any atom is -0.475 e. The molecule has 6 rings (SSSR count). The summed E-state index contributed by atoms with van der Waals surface area (Å²) in [6.07, 6.45) is 2.69. The summed E-state index contributed by atoms with van der Waals surface area (Å²) in [7, 11) is 0. The van der Waals surface area contributed by atoms with Crippen LogP contribution in [0.25, 0.3) is 0 Å². The molecule has 0 radical (unpaired) electrons. The summed E-state index contributed by atoms with van der Waals surface area (Å²) < 4.78 is 52.2. The second-order valence-electron chi connectivity index (χ2n) is 11.7. The number of carbonyl (C=O) groups is 6. The molecule has 45 heavy (non-hydrogen) atoms. The van der Waals surface area contributed by atoms with Crippen LogP contribution in [0.5, 0.6) is 0 Å². The van der Waals surface area contributed by atoms with Gasteiger partial charge in [-0.25, -0.2) is 4.79 Å². The van der Waals surface area contributed by atoms with Gasteiger partial charge in [-0.3, -0.25) is 28.9 Å². The van der Waals surface area contributed by atoms with Crippen molar-refractivity contribution in [2.24, 2.45) is 29.4 Å². The molecule has 4 bridgehead atoms. The summed E-state index contributed by atoms with van der Waals surface area (Å²) in [5, 5.41) is 7.12. The minimum atomic E-state index is -5.08. The molecule has 6 N–H and O–H groups in total. The fourth-order valence-electron chi connectivity index (χ4n) is 5.49. The van der Waals surface area contributed by atoms with Gasteiger partial charge in [-0.15, -0.1) is 0 Å². The predicted molar refractivity (Wildman–Crippen MR) is 143 cm³/mol. The van der Waals surface area contributed by atoms with Gasteiger partial charge < -0.3 is 35.5 Å². The van der Waals surface area contributed by atoms with E-state index in [0.717, 1.165) is 0 Å². The summed E-state index contributed by atoms with van der Waals surface area (Å²) in [6.45, 7) is 7.11. The number of ether oxygens (including phenoxy) is 4. The van der Waals surface area contributed by atoms with Crippen LogP contribution >= 0.6 is 0 Å². The van der Waals surface area contributed by atoms with Gasteiger partial charge >= 0.3 is 30.1 Å². The van der Waals surface area contributed by atoms with Gasteiger partial charge in [-0.1, -0.05) is 24.3 Å². The zero-order valence-electron chi connectivity index (χ0n) is 24.9. The number of likely N-dealkylation sites (tertiary alicyclic amines) is 1. The average molecular weight is 649 g/mol. The number of carboxylic acids is 1. The quantitative estimate of drug-likeness (QED) is 0.149. The second kappa shape index (κ2) is 14.2. The fraction of sp³-hybridized carbons (Fsp3) is 0.643. The van der Waals surface area contributed by atoms with Crippen LogP contribution in [0, 0.1) is 23.7 Å². The Morgan fingerprint density at radius 3 is 1.62 bits per heavy atom. The van der Waals surface area contributed by atoms with Gasteiger partial charge in [0.1, 0.15) is 17.4 Å². The van der Waals surface area contributed by atoms with E-state index in [-0.39, 0.29) is 71.5 Å². The third-order valence-corrected chi connectivity index (χ3v) is 7.28. The minimum absolute atomic E-state index is 0.0782. The molecule has 4 fully saturated rings. The highest BCUT2D eigenvalue weighted by molar-refractivity contribution is 6.06. The molecule has 0 aromatic carbocycles. The normalized spacial score (nSPS) is 31.3. The molecule has 0 spiro atoms. The molecule has 8 atom stereocenters. The van der Waals surface area contributed by atoms with E-state index in [4.69, 9.17) is 29.8 Å². The molecule has 0 saturated carbocycles. The lowest BCUT2D eigenvalue weighted by Crippen LogP contribution is -2.56. The number of nitrogens with two attached hydrogens (primary N) is 1. The number of hydrogen-bond acceptors (Lipinski definition) is 11. The summed E-state index contributed by atoms with van der Waals surface area (Å²) in [5.41, 5.74) is 8.54. The van der Waals surface area contributed by atoms with Crippen molar-refractivity contribution in [3.8, 4) is 0 Å². The zero-order valence-corrected chi connectivity index (χ0v) is 24.9. The Balaban J connectivity index is 0.000000170. The van der Waals surface area contributed by atoms with Crippen LogP contribution in [0.1, 0.15) is 33.6 Å². The van der Waals surface area contributed by atoms with Gasteiger partial charge in [-0.2, -0.15) is 13.2 Å². The van der Waals surface area contributed by atoms with Crippen LogP contribution in [0.3, 0.4) is 0 Å². The van der Waals surface area contributed by atoms with Crippen molar-refractivity contribution >= 4 is 35.7 Å². The standard InChI is InChI=1S/C10H12N2O3.C8H17NO2.C8H6O4.C2HF3O2/c11-3-4-12-9(13)7-5-1-2-6(15-5)8(7)10(12)14;1-8(2,3)11-7(10)5-4-6-9;9-7-5-3-1-2-4(11-3)6(5)8(10)12-7;3-2(4,5)1(6)7/h1-2,5-8H,3-4,11H2;4-6,9H2,1-3H3;1-6H;(H,6,7)/p+1. The molecule has 4 saturated heterocycles. The maximum Gasteiger partial charge on any atom is 0.490 e. The van der Waals surface area contributed by atoms with Gasteiger partial charge in [0.05, 0.1) is 49.3 Å². The van der Waals surface area contributed by atoms with Crippen molar-refractivity contribution in [2.75, 3.05) is 19.6 Å². The van der Waals surface area contributed by atoms with Crippen molar-refractivity contribution in [3.63, 3.8) is 0 Å². The third-order valence-electron chi connectivity index (χ3n) is 7.28. The molecule has 17 heteroatoms. The molecule has 0 aromatic heterocycles. The molecule has 8 unspecified atom stereocenters. The molecular weight excluding hydrogens is 611 g/mol. The van der Waals surface area contributed by atoms with E-state index in [1.807, 2.05) is 45.1 Å². The largest absolute Gasteiger partial charge is 0.490 e. The van der Waals surface area contributed by atoms with Gasteiger partial charge in [0.2, 0.25) is 11.8 Å². The molecule has 14 nitrogen and oxygen atoms in total. The number of alkyl halides is 3. The van der Waals surface area contributed by atoms with E-state index >= 15 is 0 Å². The average Bonchev–Trinajstić information content (AvgIpc) is 3.78. The Hall–Kier alpha value is -3.67. The number of esters is 3. The summed E-state index contributed by atoms with van der Waals surface area (Å²) in [6, 6.07) is 0. The number of cyclic esters (lactones) is 2. The highest BCUT2D eigenvalue weighted by atomic mass is 19.4. The van der Waals surface area contributed by atoms with Gasteiger partial charge in [-0.05, 0) is 33.7 Å². The third kappa shape index (κ3) is 8.33. The second-order valence-corrected chi connectivity index (χ2v) is 11.7. The number of hydrogen-bond donors (Lipinski definition) is 3. The number of amides is 2. The van der Waals surface area contributed by atoms with E-state index in [1.54, 1.807) is 0 Å². The monoisotopic (exact) mass is 648 g/mol. The summed E-state index contributed by atoms with van der Waals surface area (Å²) in [5.74, 6) is -5.20. The number of fused-ring (bicyclic) bond motifs is 10. The first-order valence-corrected chi connectivity index (χ1v) is 14.2. The summed E-state index contributed by atoms with van der Waals surface area (Å²) >= 11 is 0. The smallest absolute Gasteiger partial charge is 0.475 e. The molecule has 250 valence electrons. The number of nitrogens with zero attached hydrogens (tertiary/aromatic N) is 1. The van der Waals surface area contributed by atoms with E-state index in [2.05, 4.69) is 10.5 Å². The van der Waals surface area contributed by atoms with E-state index < -0.39 is 24.1 Å². The first-order chi connectivity index (χ1) is 20.9. The molecule has 6 heterocycles. The Labute approximate surface area is 255 Å². The number of imide groups is 1. The lowest BCUT2D eigenvalue weighted by molar-refractivity contribution is -0.367. The molecule has 6 aliphatic rings. The van der Waals surface area contributed by atoms with Crippen LogP contribution in [0.15, 0.2) is 24.3 Å². The van der Waals surface area contributed by atoms with Crippen molar-refractivity contribution in [1.82, 2.24) is 4.90 Å². The van der Waals surface area contributed by atoms with E-state index in [9.17, 15) is 37.1 Å². The van der Waals surface area contributed by atoms with Crippen LogP contribution < -0.4 is 11.5 Å². The number of carboxylic acid groups (broad SMARTS) is 1. The molecule has 6 aliphatic heterocycles. The van der Waals surface area contributed by atoms with Gasteiger partial charge in [0.15, 0.2) is 0 Å². The van der Waals surface area contributed by atoms with Crippen LogP contribution in [0.2, 0.25) is 0 Å². The Kier molecular flexibility index (Phi) is 11.3. The number of halogens is 3. The number of rotatable bonds is 5. The highest BCUT2D eigenvalue weighted by Crippen LogP contribution is 2.45. The topological polar surface area (TPSA) is 216 Å². The van der Waals surface area contributed by atoms with Gasteiger partial charge in [0.25, 0.3) is 0 Å². The fourth-order valence-corrected chi connectivity index (χ4v) is 5.49. The van der Waals surface area contributed by atoms with Crippen molar-refractivity contribution < 1.29 is 71.7 Å². The van der Waals surface area contributed by atoms with Crippen LogP contribution in [-0.4, -0.2) is 102 Å². The van der Waals surface area contributed by atoms with E-state index in [0.29, 0.717) is 32.5 Å². The van der Waals surface area contributed by atoms with Gasteiger partial charge in [0, 0.05) is 6.42 Å². The molecule has 0 aromatic rings. The maximum atomic E-state index is 11.9. The SMILES string of the molecule is CC(C)(C)OC(=O)CCCN.O=C(O)C(F)(F)F.O=C1OC(=O)C2C3C=CC(O3)C12.[NH3+]CCN1C(=O)C2C3C=CC(O3)C2C1=O. The van der Waals surface area contributed by atoms with Crippen molar-refractivity contribution in [3.05, 3.63) is 24.3 Å². The number of carbonyl (C=O) groups excluding carboxylic acids is 5. The van der Waals surface area contributed by atoms with Crippen molar-refractivity contribution in [1.29, 1.82) is 0 Å². The predicted octanol–water partition coefficient (Wildman–Crippen LogP) is -0.494. The maximum absolute atomic E-state index is 11.9. The first kappa shape index (κ1) is 35.8. The van der Waals surface area contributed by atoms with Crippen molar-refractivity contribution in [2.45, 2.75) is 69.8 Å². The lowest BCUT2D eigenvalue weighted by Gasteiger charge is -2.19. The molecule has 0 aliphatic carbocycles. The molecular formula is C28H37F3N3O11+. The van der Waals surface area contributed by atoms with E-state index in [1.165, 1.54) is 4.90 Å². The first-order valence-electron chi connectivity index (χ1n) is 14.2. The number of aliphatic carboxylic acids is 1. The number of quaternary nitrogens is 1. The molecule has 2 amide bonds. The Morgan fingerprint density at radius 1 is 0.889 bits per heavy atom. The lowest BCUT2D eigenvalue weighted by atomic mass is 9.85. The zero-order chi connectivity index (χ0) is 33.9. The summed E-state index contributed by atoms with van der Waals surface area (Å²) in [4.78, 5) is 67.3. The van der Waals surface area contributed by atoms with Crippen LogP contribution in [-0.2, 0) is 47.7 Å². The Bertz CT molecular complexity index is 1190.